The molecule has 0 atom stereocenters. The lowest BCUT2D eigenvalue weighted by atomic mass is 9.49. The van der Waals surface area contributed by atoms with Crippen molar-refractivity contribution >= 4 is 29.2 Å². The average molecular weight is 474 g/mol. The predicted molar refractivity (Wildman–Crippen MR) is 122 cm³/mol. The van der Waals surface area contributed by atoms with E-state index in [1.807, 2.05) is 0 Å². The van der Waals surface area contributed by atoms with Crippen LogP contribution in [0.25, 0.3) is 0 Å². The molecule has 184 valence electrons. The zero-order valence-electron chi connectivity index (χ0n) is 19.3. The number of ether oxygens (including phenoxy) is 2. The zero-order valence-corrected chi connectivity index (χ0v) is 19.3. The van der Waals surface area contributed by atoms with Crippen molar-refractivity contribution in [1.82, 2.24) is 5.32 Å². The Kier molecular flexibility index (Phi) is 7.04. The molecule has 5 rings (SSSR count). The van der Waals surface area contributed by atoms with Crippen LogP contribution in [-0.4, -0.2) is 42.5 Å². The summed E-state index contributed by atoms with van der Waals surface area (Å²) < 4.78 is 10.2. The Morgan fingerprint density at radius 3 is 2.32 bits per heavy atom. The van der Waals surface area contributed by atoms with E-state index >= 15 is 0 Å². The standard InChI is InChI=1S/C24H31N3O7/c1-2-33-18-3-4-19(20(8-18)27(31)32)26-22(29)14-34-23(30)13-25-21(28)12-24-9-15-5-16(10-24)7-17(6-15)11-24/h3-4,8,15-17H,2,5-7,9-14H2,1H3,(H,25,28)(H,26,29). The van der Waals surface area contributed by atoms with E-state index in [9.17, 15) is 24.5 Å². The zero-order chi connectivity index (χ0) is 24.3. The topological polar surface area (TPSA) is 137 Å². The Balaban J connectivity index is 1.20. The minimum atomic E-state index is -0.741. The van der Waals surface area contributed by atoms with Crippen molar-refractivity contribution in [3.8, 4) is 5.75 Å². The van der Waals surface area contributed by atoms with Gasteiger partial charge in [0.15, 0.2) is 6.61 Å². The number of nitrogens with one attached hydrogen (secondary N) is 2. The van der Waals surface area contributed by atoms with Crippen LogP contribution in [0.5, 0.6) is 5.75 Å². The number of amides is 2. The van der Waals surface area contributed by atoms with Crippen LogP contribution < -0.4 is 15.4 Å². The van der Waals surface area contributed by atoms with E-state index in [4.69, 9.17) is 9.47 Å². The van der Waals surface area contributed by atoms with Gasteiger partial charge in [0.2, 0.25) is 5.91 Å². The molecule has 0 spiro atoms. The summed E-state index contributed by atoms with van der Waals surface area (Å²) in [6.07, 6.45) is 7.66. The average Bonchev–Trinajstić information content (AvgIpc) is 2.76. The van der Waals surface area contributed by atoms with E-state index in [0.29, 0.717) is 18.8 Å². The van der Waals surface area contributed by atoms with Crippen LogP contribution in [0, 0.1) is 33.3 Å². The molecular formula is C24H31N3O7. The molecule has 1 aromatic rings. The summed E-state index contributed by atoms with van der Waals surface area (Å²) in [4.78, 5) is 47.3. The number of hydrogen-bond donors (Lipinski definition) is 2. The first-order valence-corrected chi connectivity index (χ1v) is 11.9. The van der Waals surface area contributed by atoms with Crippen LogP contribution in [0.3, 0.4) is 0 Å². The molecule has 1 aromatic carbocycles. The molecule has 4 fully saturated rings. The molecule has 0 aliphatic heterocycles. The number of esters is 1. The molecular weight excluding hydrogens is 442 g/mol. The van der Waals surface area contributed by atoms with Crippen LogP contribution >= 0.6 is 0 Å². The van der Waals surface area contributed by atoms with Gasteiger partial charge in [-0.15, -0.1) is 0 Å². The minimum Gasteiger partial charge on any atom is -0.494 e. The van der Waals surface area contributed by atoms with Crippen LogP contribution in [-0.2, 0) is 19.1 Å². The number of anilines is 1. The van der Waals surface area contributed by atoms with Gasteiger partial charge in [0, 0.05) is 6.42 Å². The maximum atomic E-state index is 12.5. The molecule has 0 unspecified atom stereocenters. The second kappa shape index (κ2) is 9.99. The van der Waals surface area contributed by atoms with Gasteiger partial charge in [0.1, 0.15) is 18.0 Å². The summed E-state index contributed by atoms with van der Waals surface area (Å²) in [5.41, 5.74) is -0.282. The van der Waals surface area contributed by atoms with Crippen LogP contribution in [0.1, 0.15) is 51.9 Å². The third kappa shape index (κ3) is 5.66. The minimum absolute atomic E-state index is 0.0293. The normalized spacial score (nSPS) is 26.6. The molecule has 10 heteroatoms. The summed E-state index contributed by atoms with van der Waals surface area (Å²) in [5.74, 6) is 0.920. The molecule has 0 radical (unpaired) electrons. The Hall–Kier alpha value is -3.17. The van der Waals surface area contributed by atoms with Gasteiger partial charge in [0.05, 0.1) is 17.6 Å². The molecule has 0 aromatic heterocycles. The van der Waals surface area contributed by atoms with Crippen LogP contribution in [0.2, 0.25) is 0 Å². The molecule has 2 N–H and O–H groups in total. The van der Waals surface area contributed by atoms with Gasteiger partial charge in [-0.05, 0) is 80.8 Å². The van der Waals surface area contributed by atoms with Gasteiger partial charge in [-0.3, -0.25) is 24.5 Å². The fourth-order valence-corrected chi connectivity index (χ4v) is 6.49. The van der Waals surface area contributed by atoms with E-state index in [0.717, 1.165) is 37.0 Å². The fraction of sp³-hybridized carbons (Fsp3) is 0.625. The highest BCUT2D eigenvalue weighted by molar-refractivity contribution is 5.95. The summed E-state index contributed by atoms with van der Waals surface area (Å²) in [7, 11) is 0. The monoisotopic (exact) mass is 473 g/mol. The second-order valence-corrected chi connectivity index (χ2v) is 9.95. The van der Waals surface area contributed by atoms with Gasteiger partial charge < -0.3 is 20.1 Å². The van der Waals surface area contributed by atoms with Gasteiger partial charge in [-0.25, -0.2) is 0 Å². The van der Waals surface area contributed by atoms with Crippen molar-refractivity contribution in [2.45, 2.75) is 51.9 Å². The van der Waals surface area contributed by atoms with E-state index < -0.39 is 23.4 Å². The summed E-state index contributed by atoms with van der Waals surface area (Å²) in [5, 5.41) is 16.3. The molecule has 4 saturated carbocycles. The van der Waals surface area contributed by atoms with Crippen LogP contribution in [0.15, 0.2) is 18.2 Å². The number of carbonyl (C=O) groups is 3. The number of nitro groups is 1. The largest absolute Gasteiger partial charge is 0.494 e. The first-order valence-electron chi connectivity index (χ1n) is 11.9. The van der Waals surface area contributed by atoms with Gasteiger partial charge >= 0.3 is 5.97 Å². The summed E-state index contributed by atoms with van der Waals surface area (Å²) in [6, 6.07) is 4.06. The maximum absolute atomic E-state index is 12.5. The number of hydrogen-bond acceptors (Lipinski definition) is 7. The molecule has 4 aliphatic carbocycles. The van der Waals surface area contributed by atoms with Crippen LogP contribution in [0.4, 0.5) is 11.4 Å². The fourth-order valence-electron chi connectivity index (χ4n) is 6.49. The van der Waals surface area contributed by atoms with Gasteiger partial charge in [0.25, 0.3) is 11.6 Å². The summed E-state index contributed by atoms with van der Waals surface area (Å²) >= 11 is 0. The molecule has 4 bridgehead atoms. The lowest BCUT2D eigenvalue weighted by molar-refractivity contribution is -0.384. The van der Waals surface area contributed by atoms with Gasteiger partial charge in [-0.2, -0.15) is 0 Å². The van der Waals surface area contributed by atoms with Crippen molar-refractivity contribution in [2.24, 2.45) is 23.2 Å². The van der Waals surface area contributed by atoms with Crippen molar-refractivity contribution < 1.29 is 28.8 Å². The molecule has 2 amide bonds. The second-order valence-electron chi connectivity index (χ2n) is 9.95. The SMILES string of the molecule is CCOc1ccc(NC(=O)COC(=O)CNC(=O)CC23CC4CC(CC(C4)C2)C3)c([N+](=O)[O-])c1. The quantitative estimate of drug-likeness (QED) is 0.302. The van der Waals surface area contributed by atoms with E-state index in [-0.39, 0.29) is 29.2 Å². The Morgan fingerprint density at radius 1 is 1.09 bits per heavy atom. The third-order valence-corrected chi connectivity index (χ3v) is 7.25. The molecule has 10 nitrogen and oxygen atoms in total. The highest BCUT2D eigenvalue weighted by atomic mass is 16.6. The lowest BCUT2D eigenvalue weighted by Crippen LogP contribution is -2.48. The smallest absolute Gasteiger partial charge is 0.325 e. The molecule has 34 heavy (non-hydrogen) atoms. The number of benzene rings is 1. The van der Waals surface area contributed by atoms with Crippen molar-refractivity contribution in [3.63, 3.8) is 0 Å². The van der Waals surface area contributed by atoms with Crippen molar-refractivity contribution in [1.29, 1.82) is 0 Å². The summed E-state index contributed by atoms with van der Waals surface area (Å²) in [6.45, 7) is 1.16. The van der Waals surface area contributed by atoms with Gasteiger partial charge in [-0.1, -0.05) is 0 Å². The van der Waals surface area contributed by atoms with Crippen molar-refractivity contribution in [2.75, 3.05) is 25.1 Å². The number of nitrogens with zero attached hydrogens (tertiary/aromatic N) is 1. The molecule has 0 heterocycles. The van der Waals surface area contributed by atoms with Crippen molar-refractivity contribution in [3.05, 3.63) is 28.3 Å². The maximum Gasteiger partial charge on any atom is 0.325 e. The predicted octanol–water partition coefficient (Wildman–Crippen LogP) is 3.20. The van der Waals surface area contributed by atoms with E-state index in [1.165, 1.54) is 37.5 Å². The van der Waals surface area contributed by atoms with E-state index in [2.05, 4.69) is 10.6 Å². The Labute approximate surface area is 197 Å². The Morgan fingerprint density at radius 2 is 1.74 bits per heavy atom. The van der Waals surface area contributed by atoms with E-state index in [1.54, 1.807) is 6.92 Å². The first-order chi connectivity index (χ1) is 16.2. The number of nitro benzene ring substituents is 1. The Bertz CT molecular complexity index is 942. The lowest BCUT2D eigenvalue weighted by Gasteiger charge is -2.56. The highest BCUT2D eigenvalue weighted by Gasteiger charge is 2.51. The number of rotatable bonds is 10. The molecule has 0 saturated heterocycles. The first kappa shape index (κ1) is 24.0. The third-order valence-electron chi connectivity index (χ3n) is 7.25. The highest BCUT2D eigenvalue weighted by Crippen LogP contribution is 2.61. The molecule has 4 aliphatic rings. The number of carbonyl (C=O) groups excluding carboxylic acids is 3.